The van der Waals surface area contributed by atoms with E-state index >= 15 is 0 Å². The van der Waals surface area contributed by atoms with E-state index in [0.717, 1.165) is 16.9 Å². The lowest BCUT2D eigenvalue weighted by Crippen LogP contribution is -1.93. The normalized spacial score (nSPS) is 11.4. The summed E-state index contributed by atoms with van der Waals surface area (Å²) in [4.78, 5) is 10.4. The molecule has 1 aromatic rings. The zero-order valence-electron chi connectivity index (χ0n) is 9.87. The lowest BCUT2D eigenvalue weighted by Gasteiger charge is -2.09. The molecule has 0 unspecified atom stereocenters. The van der Waals surface area contributed by atoms with Crippen molar-refractivity contribution in [2.45, 2.75) is 19.8 Å². The molecule has 0 aromatic heterocycles. The summed E-state index contributed by atoms with van der Waals surface area (Å²) in [5.74, 6) is -0.0643. The van der Waals surface area contributed by atoms with Gasteiger partial charge in [-0.25, -0.2) is 0 Å². The standard InChI is InChI=1S/C13H15ClO3/c1-9(4-3-5-13(15)16)11-8-10(14)6-7-12(11)17-2/h4,6-8H,3,5H2,1-2H3,(H,15,16)/b9-4+. The Balaban J connectivity index is 2.90. The fourth-order valence-electron chi connectivity index (χ4n) is 1.51. The highest BCUT2D eigenvalue weighted by Gasteiger charge is 2.05. The Morgan fingerprint density at radius 2 is 2.24 bits per heavy atom. The number of halogens is 1. The maximum Gasteiger partial charge on any atom is 0.303 e. The maximum atomic E-state index is 10.4. The molecule has 0 amide bonds. The Bertz CT molecular complexity index is 438. The topological polar surface area (TPSA) is 46.5 Å². The number of methoxy groups -OCH3 is 1. The van der Waals surface area contributed by atoms with Gasteiger partial charge in [-0.05, 0) is 37.1 Å². The van der Waals surface area contributed by atoms with Crippen molar-refractivity contribution in [1.29, 1.82) is 0 Å². The van der Waals surface area contributed by atoms with E-state index in [2.05, 4.69) is 0 Å². The highest BCUT2D eigenvalue weighted by atomic mass is 35.5. The monoisotopic (exact) mass is 254 g/mol. The molecule has 0 aliphatic heterocycles. The second kappa shape index (κ2) is 6.30. The molecule has 1 aromatic carbocycles. The Kier molecular flexibility index (Phi) is 5.04. The minimum Gasteiger partial charge on any atom is -0.496 e. The Labute approximate surface area is 106 Å². The number of hydrogen-bond acceptors (Lipinski definition) is 2. The van der Waals surface area contributed by atoms with E-state index in [1.807, 2.05) is 19.1 Å². The number of hydrogen-bond donors (Lipinski definition) is 1. The van der Waals surface area contributed by atoms with Crippen molar-refractivity contribution in [3.05, 3.63) is 34.9 Å². The molecule has 0 atom stereocenters. The van der Waals surface area contributed by atoms with Crippen molar-refractivity contribution in [1.82, 2.24) is 0 Å². The number of aliphatic carboxylic acids is 1. The fourth-order valence-corrected chi connectivity index (χ4v) is 1.68. The molecule has 1 rings (SSSR count). The molecule has 0 saturated carbocycles. The van der Waals surface area contributed by atoms with Crippen LogP contribution in [0.25, 0.3) is 5.57 Å². The molecule has 0 aliphatic rings. The molecular weight excluding hydrogens is 240 g/mol. The summed E-state index contributed by atoms with van der Waals surface area (Å²) < 4.78 is 5.23. The lowest BCUT2D eigenvalue weighted by atomic mass is 10.0. The van der Waals surface area contributed by atoms with E-state index in [9.17, 15) is 4.79 Å². The third-order valence-electron chi connectivity index (χ3n) is 2.40. The van der Waals surface area contributed by atoms with Crippen LogP contribution in [-0.4, -0.2) is 18.2 Å². The van der Waals surface area contributed by atoms with Crippen LogP contribution >= 0.6 is 11.6 Å². The van der Waals surface area contributed by atoms with Crippen LogP contribution in [0.5, 0.6) is 5.75 Å². The number of allylic oxidation sites excluding steroid dienone is 2. The van der Waals surface area contributed by atoms with Gasteiger partial charge in [0.05, 0.1) is 7.11 Å². The molecule has 92 valence electrons. The zero-order chi connectivity index (χ0) is 12.8. The van der Waals surface area contributed by atoms with Crippen molar-refractivity contribution < 1.29 is 14.6 Å². The number of benzene rings is 1. The highest BCUT2D eigenvalue weighted by molar-refractivity contribution is 6.30. The van der Waals surface area contributed by atoms with E-state index in [-0.39, 0.29) is 6.42 Å². The van der Waals surface area contributed by atoms with Gasteiger partial charge in [0.25, 0.3) is 0 Å². The molecule has 3 nitrogen and oxygen atoms in total. The Morgan fingerprint density at radius 3 is 2.82 bits per heavy atom. The fraction of sp³-hybridized carbons (Fsp3) is 0.308. The van der Waals surface area contributed by atoms with Crippen LogP contribution in [0.15, 0.2) is 24.3 Å². The van der Waals surface area contributed by atoms with Crippen molar-refractivity contribution in [3.63, 3.8) is 0 Å². The van der Waals surface area contributed by atoms with Crippen LogP contribution in [0.3, 0.4) is 0 Å². The predicted octanol–water partition coefficient (Wildman–Crippen LogP) is 3.62. The van der Waals surface area contributed by atoms with E-state index in [4.69, 9.17) is 21.4 Å². The molecule has 0 spiro atoms. The van der Waals surface area contributed by atoms with Gasteiger partial charge in [-0.15, -0.1) is 0 Å². The smallest absolute Gasteiger partial charge is 0.303 e. The molecule has 1 N–H and O–H groups in total. The molecule has 17 heavy (non-hydrogen) atoms. The van der Waals surface area contributed by atoms with Gasteiger partial charge >= 0.3 is 5.97 Å². The van der Waals surface area contributed by atoms with Crippen molar-refractivity contribution >= 4 is 23.1 Å². The van der Waals surface area contributed by atoms with Gasteiger partial charge in [-0.1, -0.05) is 17.7 Å². The molecule has 0 bridgehead atoms. The molecule has 0 saturated heterocycles. The van der Waals surface area contributed by atoms with Gasteiger partial charge in [0, 0.05) is 17.0 Å². The third-order valence-corrected chi connectivity index (χ3v) is 2.63. The molecule has 0 aliphatic carbocycles. The minimum atomic E-state index is -0.799. The van der Waals surface area contributed by atoms with E-state index < -0.39 is 5.97 Å². The summed E-state index contributed by atoms with van der Waals surface area (Å²) in [5, 5.41) is 9.20. The summed E-state index contributed by atoms with van der Waals surface area (Å²) in [7, 11) is 1.59. The Hall–Kier alpha value is -1.48. The van der Waals surface area contributed by atoms with Crippen LogP contribution in [-0.2, 0) is 4.79 Å². The van der Waals surface area contributed by atoms with Gasteiger partial charge in [-0.2, -0.15) is 0 Å². The van der Waals surface area contributed by atoms with Crippen molar-refractivity contribution in [3.8, 4) is 5.75 Å². The summed E-state index contributed by atoms with van der Waals surface area (Å²) in [6.07, 6.45) is 2.50. The molecule has 0 fully saturated rings. The second-order valence-electron chi connectivity index (χ2n) is 3.66. The van der Waals surface area contributed by atoms with Crippen molar-refractivity contribution in [2.24, 2.45) is 0 Å². The van der Waals surface area contributed by atoms with Crippen LogP contribution in [0.1, 0.15) is 25.3 Å². The lowest BCUT2D eigenvalue weighted by molar-refractivity contribution is -0.136. The predicted molar refractivity (Wildman–Crippen MR) is 68.5 cm³/mol. The first-order valence-electron chi connectivity index (χ1n) is 5.27. The third kappa shape index (κ3) is 4.11. The number of ether oxygens (including phenoxy) is 1. The average molecular weight is 255 g/mol. The number of carboxylic acids is 1. The Morgan fingerprint density at radius 1 is 1.53 bits per heavy atom. The van der Waals surface area contributed by atoms with E-state index in [1.54, 1.807) is 19.2 Å². The summed E-state index contributed by atoms with van der Waals surface area (Å²) >= 11 is 5.93. The number of carbonyl (C=O) groups is 1. The van der Waals surface area contributed by atoms with Crippen molar-refractivity contribution in [2.75, 3.05) is 7.11 Å². The molecule has 4 heteroatoms. The first-order valence-corrected chi connectivity index (χ1v) is 5.65. The van der Waals surface area contributed by atoms with Crippen LogP contribution in [0.2, 0.25) is 5.02 Å². The SMILES string of the molecule is COc1ccc(Cl)cc1/C(C)=C/CCC(=O)O. The summed E-state index contributed by atoms with van der Waals surface area (Å²) in [6.45, 7) is 1.91. The maximum absolute atomic E-state index is 10.4. The minimum absolute atomic E-state index is 0.125. The summed E-state index contributed by atoms with van der Waals surface area (Å²) in [6, 6.07) is 5.37. The largest absolute Gasteiger partial charge is 0.496 e. The highest BCUT2D eigenvalue weighted by Crippen LogP contribution is 2.29. The van der Waals surface area contributed by atoms with Gasteiger partial charge in [0.1, 0.15) is 5.75 Å². The number of carboxylic acid groups (broad SMARTS) is 1. The first kappa shape index (κ1) is 13.6. The molecular formula is C13H15ClO3. The second-order valence-corrected chi connectivity index (χ2v) is 4.10. The van der Waals surface area contributed by atoms with E-state index in [1.165, 1.54) is 0 Å². The zero-order valence-corrected chi connectivity index (χ0v) is 10.6. The van der Waals surface area contributed by atoms with Gasteiger partial charge in [-0.3, -0.25) is 4.79 Å². The first-order chi connectivity index (χ1) is 8.04. The number of rotatable bonds is 5. The quantitative estimate of drug-likeness (QED) is 0.873. The van der Waals surface area contributed by atoms with Crippen LogP contribution in [0.4, 0.5) is 0 Å². The van der Waals surface area contributed by atoms with Crippen LogP contribution < -0.4 is 4.74 Å². The molecule has 0 heterocycles. The average Bonchev–Trinajstić information content (AvgIpc) is 2.28. The molecule has 0 radical (unpaired) electrons. The summed E-state index contributed by atoms with van der Waals surface area (Å²) in [5.41, 5.74) is 1.86. The van der Waals surface area contributed by atoms with Gasteiger partial charge in [0.2, 0.25) is 0 Å². The van der Waals surface area contributed by atoms with Gasteiger partial charge in [0.15, 0.2) is 0 Å². The van der Waals surface area contributed by atoms with E-state index in [0.29, 0.717) is 11.4 Å². The van der Waals surface area contributed by atoms with Crippen LogP contribution in [0, 0.1) is 0 Å². The van der Waals surface area contributed by atoms with Gasteiger partial charge < -0.3 is 9.84 Å².